The minimum atomic E-state index is -4.25. The van der Waals surface area contributed by atoms with Crippen LogP contribution in [0.4, 0.5) is 13.2 Å². The van der Waals surface area contributed by atoms with Gasteiger partial charge >= 0.3 is 6.18 Å². The summed E-state index contributed by atoms with van der Waals surface area (Å²) in [5.41, 5.74) is 0.659. The first-order valence-electron chi connectivity index (χ1n) is 10.4. The molecule has 0 saturated carbocycles. The molecule has 2 nitrogen and oxygen atoms in total. The second kappa shape index (κ2) is 11.2. The Morgan fingerprint density at radius 3 is 2.50 bits per heavy atom. The lowest BCUT2D eigenvalue weighted by Gasteiger charge is -2.35. The third-order valence-electron chi connectivity index (χ3n) is 5.27. The molecule has 1 aromatic rings. The van der Waals surface area contributed by atoms with Crippen molar-refractivity contribution >= 4 is 14.7 Å². The van der Waals surface area contributed by atoms with Crippen molar-refractivity contribution < 1.29 is 17.9 Å². The molecule has 1 aliphatic rings. The highest BCUT2D eigenvalue weighted by molar-refractivity contribution is 6.54. The number of ether oxygens (including phenoxy) is 1. The van der Waals surface area contributed by atoms with Gasteiger partial charge in [-0.15, -0.1) is 6.58 Å². The van der Waals surface area contributed by atoms with Gasteiger partial charge < -0.3 is 4.74 Å². The maximum Gasteiger partial charge on any atom is 0.416 e. The van der Waals surface area contributed by atoms with E-state index >= 15 is 0 Å². The minimum absolute atomic E-state index is 0.327. The van der Waals surface area contributed by atoms with Crippen LogP contribution in [0.15, 0.2) is 36.4 Å². The molecule has 6 heteroatoms. The predicted molar refractivity (Wildman–Crippen MR) is 113 cm³/mol. The van der Waals surface area contributed by atoms with E-state index in [9.17, 15) is 13.2 Å². The predicted octanol–water partition coefficient (Wildman–Crippen LogP) is 4.53. The molecule has 0 spiro atoms. The Morgan fingerprint density at radius 2 is 1.82 bits per heavy atom. The normalized spacial score (nSPS) is 21.5. The van der Waals surface area contributed by atoms with Gasteiger partial charge in [-0.1, -0.05) is 47.9 Å². The third-order valence-corrected chi connectivity index (χ3v) is 7.25. The average molecular weight is 414 g/mol. The highest BCUT2D eigenvalue weighted by atomic mass is 28.2. The summed E-state index contributed by atoms with van der Waals surface area (Å²) < 4.78 is 44.1. The van der Waals surface area contributed by atoms with Crippen molar-refractivity contribution in [1.82, 2.24) is 4.90 Å². The Bertz CT molecular complexity index is 610. The van der Waals surface area contributed by atoms with E-state index in [4.69, 9.17) is 4.74 Å². The Morgan fingerprint density at radius 1 is 1.14 bits per heavy atom. The summed E-state index contributed by atoms with van der Waals surface area (Å²) in [5.74, 6) is 0. The standard InChI is InChI=1S/C22H34F3NOSi/c1-17(16-28-21-11-8-10-20(13-21)22(23,24)25)9-6-4-5-7-12-26-14-18(2)27-19(3)15-26/h8,10-11,13,18-19H,1,4-7,9,12,14-16,28H2,2-3H3. The van der Waals surface area contributed by atoms with Gasteiger partial charge in [-0.2, -0.15) is 13.2 Å². The topological polar surface area (TPSA) is 12.5 Å². The zero-order valence-corrected chi connectivity index (χ0v) is 18.6. The number of halogens is 3. The summed E-state index contributed by atoms with van der Waals surface area (Å²) in [6.07, 6.45) is 2.16. The number of hydrogen-bond acceptors (Lipinski definition) is 2. The molecule has 1 saturated heterocycles. The van der Waals surface area contributed by atoms with E-state index in [1.54, 1.807) is 0 Å². The number of nitrogens with zero attached hydrogens (tertiary/aromatic N) is 1. The first-order chi connectivity index (χ1) is 13.2. The minimum Gasteiger partial charge on any atom is -0.373 e. The Kier molecular flexibility index (Phi) is 9.24. The molecular weight excluding hydrogens is 379 g/mol. The van der Waals surface area contributed by atoms with Gasteiger partial charge in [0.05, 0.1) is 27.3 Å². The summed E-state index contributed by atoms with van der Waals surface area (Å²) in [6.45, 7) is 11.6. The summed E-state index contributed by atoms with van der Waals surface area (Å²) in [7, 11) is -0.724. The van der Waals surface area contributed by atoms with Gasteiger partial charge in [-0.05, 0) is 45.7 Å². The van der Waals surface area contributed by atoms with Crippen LogP contribution < -0.4 is 5.19 Å². The van der Waals surface area contributed by atoms with Crippen molar-refractivity contribution in [3.05, 3.63) is 42.0 Å². The van der Waals surface area contributed by atoms with Crippen LogP contribution >= 0.6 is 0 Å². The lowest BCUT2D eigenvalue weighted by atomic mass is 10.1. The molecule has 2 rings (SSSR count). The van der Waals surface area contributed by atoms with Crippen molar-refractivity contribution in [2.24, 2.45) is 0 Å². The summed E-state index contributed by atoms with van der Waals surface area (Å²) in [6, 6.07) is 6.69. The number of alkyl halides is 3. The van der Waals surface area contributed by atoms with Gasteiger partial charge in [0.2, 0.25) is 0 Å². The molecule has 2 unspecified atom stereocenters. The molecule has 0 radical (unpaired) electrons. The van der Waals surface area contributed by atoms with E-state index in [1.807, 2.05) is 6.07 Å². The number of benzene rings is 1. The summed E-state index contributed by atoms with van der Waals surface area (Å²) in [5, 5.41) is 0.866. The fourth-order valence-electron chi connectivity index (χ4n) is 3.88. The second-order valence-electron chi connectivity index (χ2n) is 8.13. The van der Waals surface area contributed by atoms with Gasteiger partial charge in [0.25, 0.3) is 0 Å². The number of unbranched alkanes of at least 4 members (excludes halogenated alkanes) is 3. The zero-order chi connectivity index (χ0) is 20.6. The van der Waals surface area contributed by atoms with Gasteiger partial charge in [0.1, 0.15) is 0 Å². The third kappa shape index (κ3) is 8.49. The molecule has 0 aliphatic carbocycles. The molecule has 0 N–H and O–H groups in total. The lowest BCUT2D eigenvalue weighted by molar-refractivity contribution is -0.137. The number of allylic oxidation sites excluding steroid dienone is 1. The Balaban J connectivity index is 1.56. The SMILES string of the molecule is C=C(CCCCCCN1CC(C)OC(C)C1)C[SiH2]c1cccc(C(F)(F)F)c1. The van der Waals surface area contributed by atoms with Crippen molar-refractivity contribution in [2.75, 3.05) is 19.6 Å². The summed E-state index contributed by atoms with van der Waals surface area (Å²) >= 11 is 0. The van der Waals surface area contributed by atoms with Crippen molar-refractivity contribution in [3.8, 4) is 0 Å². The highest BCUT2D eigenvalue weighted by Gasteiger charge is 2.30. The fraction of sp³-hybridized carbons (Fsp3) is 0.636. The summed E-state index contributed by atoms with van der Waals surface area (Å²) in [4.78, 5) is 2.50. The Labute approximate surface area is 170 Å². The number of morpholine rings is 1. The van der Waals surface area contributed by atoms with E-state index < -0.39 is 21.3 Å². The van der Waals surface area contributed by atoms with Crippen LogP contribution in [0.5, 0.6) is 0 Å². The maximum atomic E-state index is 12.8. The smallest absolute Gasteiger partial charge is 0.373 e. The molecule has 0 aromatic heterocycles. The highest BCUT2D eigenvalue weighted by Crippen LogP contribution is 2.28. The molecule has 158 valence electrons. The molecule has 28 heavy (non-hydrogen) atoms. The van der Waals surface area contributed by atoms with E-state index in [0.717, 1.165) is 49.8 Å². The van der Waals surface area contributed by atoms with E-state index in [2.05, 4.69) is 25.3 Å². The van der Waals surface area contributed by atoms with E-state index in [1.165, 1.54) is 37.0 Å². The Hall–Kier alpha value is -1.11. The molecule has 1 aliphatic heterocycles. The fourth-order valence-corrected chi connectivity index (χ4v) is 5.44. The van der Waals surface area contributed by atoms with E-state index in [0.29, 0.717) is 12.2 Å². The van der Waals surface area contributed by atoms with Crippen molar-refractivity contribution in [2.45, 2.75) is 70.4 Å². The van der Waals surface area contributed by atoms with E-state index in [-0.39, 0.29) is 0 Å². The number of hydrogen-bond donors (Lipinski definition) is 0. The first kappa shape index (κ1) is 23.2. The van der Waals surface area contributed by atoms with Crippen LogP contribution in [-0.4, -0.2) is 46.3 Å². The molecule has 0 bridgehead atoms. The molecule has 1 aromatic carbocycles. The van der Waals surface area contributed by atoms with Gasteiger partial charge in [0, 0.05) is 13.1 Å². The van der Waals surface area contributed by atoms with Crippen LogP contribution in [0.1, 0.15) is 51.5 Å². The van der Waals surface area contributed by atoms with Crippen LogP contribution in [0.3, 0.4) is 0 Å². The molecule has 1 heterocycles. The monoisotopic (exact) mass is 413 g/mol. The quantitative estimate of drug-likeness (QED) is 0.317. The van der Waals surface area contributed by atoms with Crippen LogP contribution in [0.25, 0.3) is 0 Å². The van der Waals surface area contributed by atoms with Crippen LogP contribution in [-0.2, 0) is 10.9 Å². The molecule has 1 fully saturated rings. The van der Waals surface area contributed by atoms with Crippen LogP contribution in [0.2, 0.25) is 6.04 Å². The second-order valence-corrected chi connectivity index (χ2v) is 9.95. The zero-order valence-electron chi connectivity index (χ0n) is 17.2. The average Bonchev–Trinajstić information content (AvgIpc) is 2.61. The van der Waals surface area contributed by atoms with Gasteiger partial charge in [0.15, 0.2) is 0 Å². The van der Waals surface area contributed by atoms with Gasteiger partial charge in [-0.25, -0.2) is 0 Å². The lowest BCUT2D eigenvalue weighted by Crippen LogP contribution is -2.45. The van der Waals surface area contributed by atoms with Crippen molar-refractivity contribution in [1.29, 1.82) is 0 Å². The maximum absolute atomic E-state index is 12.8. The number of rotatable bonds is 10. The van der Waals surface area contributed by atoms with Crippen LogP contribution in [0, 0.1) is 0 Å². The first-order valence-corrected chi connectivity index (χ1v) is 12.2. The van der Waals surface area contributed by atoms with Gasteiger partial charge in [-0.3, -0.25) is 4.90 Å². The largest absolute Gasteiger partial charge is 0.416 e. The molecule has 0 amide bonds. The molecule has 2 atom stereocenters. The van der Waals surface area contributed by atoms with Crippen molar-refractivity contribution in [3.63, 3.8) is 0 Å². The molecular formula is C22H34F3NOSi.